The maximum absolute atomic E-state index is 10.8. The number of ether oxygens (including phenoxy) is 1. The van der Waals surface area contributed by atoms with Gasteiger partial charge in [0.2, 0.25) is 5.91 Å². The van der Waals surface area contributed by atoms with E-state index in [2.05, 4.69) is 5.32 Å². The molecule has 5 nitrogen and oxygen atoms in total. The van der Waals surface area contributed by atoms with Gasteiger partial charge in [-0.3, -0.25) is 4.79 Å². The molecule has 0 aromatic heterocycles. The number of rotatable bonds is 9. The van der Waals surface area contributed by atoms with Gasteiger partial charge in [0.15, 0.2) is 0 Å². The van der Waals surface area contributed by atoms with Crippen molar-refractivity contribution in [3.63, 3.8) is 0 Å². The van der Waals surface area contributed by atoms with Crippen LogP contribution >= 0.6 is 24.0 Å². The molecule has 25 heavy (non-hydrogen) atoms. The minimum absolute atomic E-state index is 0. The van der Waals surface area contributed by atoms with Crippen molar-refractivity contribution in [2.75, 3.05) is 19.7 Å². The Bertz CT molecular complexity index is 666. The first kappa shape index (κ1) is 21.3. The lowest BCUT2D eigenvalue weighted by Gasteiger charge is -2.13. The van der Waals surface area contributed by atoms with Crippen molar-refractivity contribution >= 4 is 29.9 Å². The zero-order valence-electron chi connectivity index (χ0n) is 13.7. The zero-order valence-corrected chi connectivity index (χ0v) is 15.2. The summed E-state index contributed by atoms with van der Waals surface area (Å²) < 4.78 is 5.59. The molecule has 2 rings (SSSR count). The Labute approximate surface area is 158 Å². The van der Waals surface area contributed by atoms with Gasteiger partial charge in [0, 0.05) is 18.1 Å². The molecule has 1 amide bonds. The SMILES string of the molecule is Cl.NC(=O)Cc1ccc(OCCNCC(O)c2cccc(Cl)c2)cc1. The molecule has 1 unspecified atom stereocenters. The van der Waals surface area contributed by atoms with Gasteiger partial charge in [-0.25, -0.2) is 0 Å². The van der Waals surface area contributed by atoms with Gasteiger partial charge in [-0.15, -0.1) is 12.4 Å². The first-order valence-corrected chi connectivity index (χ1v) is 8.06. The average molecular weight is 385 g/mol. The second-order valence-corrected chi connectivity index (χ2v) is 5.85. The van der Waals surface area contributed by atoms with E-state index in [0.29, 0.717) is 24.7 Å². The summed E-state index contributed by atoms with van der Waals surface area (Å²) in [4.78, 5) is 10.8. The number of nitrogens with two attached hydrogens (primary N) is 1. The molecule has 0 aliphatic carbocycles. The number of hydrogen-bond donors (Lipinski definition) is 3. The van der Waals surface area contributed by atoms with Gasteiger partial charge >= 0.3 is 0 Å². The number of carbonyl (C=O) groups excluding carboxylic acids is 1. The Hall–Kier alpha value is -1.79. The van der Waals surface area contributed by atoms with Gasteiger partial charge in [-0.05, 0) is 35.4 Å². The van der Waals surface area contributed by atoms with E-state index in [-0.39, 0.29) is 24.7 Å². The molecule has 0 fully saturated rings. The molecule has 0 bridgehead atoms. The Morgan fingerprint density at radius 3 is 2.60 bits per heavy atom. The first-order chi connectivity index (χ1) is 11.5. The van der Waals surface area contributed by atoms with Gasteiger partial charge < -0.3 is 20.9 Å². The fourth-order valence-corrected chi connectivity index (χ4v) is 2.41. The molecule has 0 saturated carbocycles. The number of aliphatic hydroxyl groups excluding tert-OH is 1. The van der Waals surface area contributed by atoms with E-state index >= 15 is 0 Å². The number of aliphatic hydroxyl groups is 1. The third-order valence-electron chi connectivity index (χ3n) is 3.42. The molecule has 2 aromatic carbocycles. The van der Waals surface area contributed by atoms with Crippen LogP contribution in [0.1, 0.15) is 17.2 Å². The summed E-state index contributed by atoms with van der Waals surface area (Å²) in [6.07, 6.45) is -0.389. The molecule has 0 heterocycles. The van der Waals surface area contributed by atoms with Crippen LogP contribution in [0.5, 0.6) is 5.75 Å². The second kappa shape index (κ2) is 10.9. The van der Waals surface area contributed by atoms with Gasteiger partial charge in [0.1, 0.15) is 12.4 Å². The fraction of sp³-hybridized carbons (Fsp3) is 0.278. The second-order valence-electron chi connectivity index (χ2n) is 5.41. The van der Waals surface area contributed by atoms with Crippen LogP contribution in [-0.4, -0.2) is 30.7 Å². The maximum Gasteiger partial charge on any atom is 0.221 e. The van der Waals surface area contributed by atoms with Crippen LogP contribution in [0.4, 0.5) is 0 Å². The molecule has 0 spiro atoms. The molecule has 0 radical (unpaired) electrons. The summed E-state index contributed by atoms with van der Waals surface area (Å²) in [5.74, 6) is 0.367. The molecule has 7 heteroatoms. The molecule has 2 aromatic rings. The van der Waals surface area contributed by atoms with E-state index in [1.807, 2.05) is 24.3 Å². The molecule has 0 aliphatic rings. The largest absolute Gasteiger partial charge is 0.492 e. The molecule has 4 N–H and O–H groups in total. The fourth-order valence-electron chi connectivity index (χ4n) is 2.22. The predicted octanol–water partition coefficient (Wildman–Crippen LogP) is 2.49. The minimum atomic E-state index is -0.614. The summed E-state index contributed by atoms with van der Waals surface area (Å²) >= 11 is 5.90. The van der Waals surface area contributed by atoms with E-state index < -0.39 is 6.10 Å². The van der Waals surface area contributed by atoms with Crippen molar-refractivity contribution < 1.29 is 14.6 Å². The normalized spacial score (nSPS) is 11.4. The van der Waals surface area contributed by atoms with Crippen molar-refractivity contribution in [3.05, 3.63) is 64.7 Å². The summed E-state index contributed by atoms with van der Waals surface area (Å²) in [6, 6.07) is 14.4. The summed E-state index contributed by atoms with van der Waals surface area (Å²) in [5, 5.41) is 13.8. The highest BCUT2D eigenvalue weighted by atomic mass is 35.5. The first-order valence-electron chi connectivity index (χ1n) is 7.69. The van der Waals surface area contributed by atoms with E-state index in [1.165, 1.54) is 0 Å². The molecular formula is C18H22Cl2N2O3. The van der Waals surface area contributed by atoms with Crippen LogP contribution in [0.25, 0.3) is 0 Å². The molecule has 0 aliphatic heterocycles. The van der Waals surface area contributed by atoms with Crippen LogP contribution < -0.4 is 15.8 Å². The number of nitrogens with one attached hydrogen (secondary N) is 1. The highest BCUT2D eigenvalue weighted by Crippen LogP contribution is 2.17. The number of hydrogen-bond acceptors (Lipinski definition) is 4. The van der Waals surface area contributed by atoms with Gasteiger partial charge in [-0.1, -0.05) is 35.9 Å². The van der Waals surface area contributed by atoms with Crippen molar-refractivity contribution in [1.82, 2.24) is 5.32 Å². The Morgan fingerprint density at radius 2 is 1.96 bits per heavy atom. The van der Waals surface area contributed by atoms with Crippen molar-refractivity contribution in [2.45, 2.75) is 12.5 Å². The summed E-state index contributed by atoms with van der Waals surface area (Å²) in [5.41, 5.74) is 6.78. The summed E-state index contributed by atoms with van der Waals surface area (Å²) in [6.45, 7) is 1.49. The highest BCUT2D eigenvalue weighted by molar-refractivity contribution is 6.30. The topological polar surface area (TPSA) is 84.6 Å². The lowest BCUT2D eigenvalue weighted by molar-refractivity contribution is -0.117. The van der Waals surface area contributed by atoms with E-state index in [4.69, 9.17) is 22.1 Å². The monoisotopic (exact) mass is 384 g/mol. The van der Waals surface area contributed by atoms with Crippen LogP contribution in [0, 0.1) is 0 Å². The van der Waals surface area contributed by atoms with Crippen LogP contribution in [0.15, 0.2) is 48.5 Å². The van der Waals surface area contributed by atoms with E-state index in [1.54, 1.807) is 24.3 Å². The lowest BCUT2D eigenvalue weighted by atomic mass is 10.1. The highest BCUT2D eigenvalue weighted by Gasteiger charge is 2.07. The van der Waals surface area contributed by atoms with Crippen molar-refractivity contribution in [3.8, 4) is 5.75 Å². The number of carbonyl (C=O) groups is 1. The van der Waals surface area contributed by atoms with Crippen molar-refractivity contribution in [2.24, 2.45) is 5.73 Å². The number of amides is 1. The molecule has 136 valence electrons. The van der Waals surface area contributed by atoms with Crippen molar-refractivity contribution in [1.29, 1.82) is 0 Å². The summed E-state index contributed by atoms with van der Waals surface area (Å²) in [7, 11) is 0. The number of primary amides is 1. The smallest absolute Gasteiger partial charge is 0.221 e. The quantitative estimate of drug-likeness (QED) is 0.579. The lowest BCUT2D eigenvalue weighted by Crippen LogP contribution is -2.26. The maximum atomic E-state index is 10.8. The molecule has 1 atom stereocenters. The Kier molecular flexibility index (Phi) is 9.31. The van der Waals surface area contributed by atoms with E-state index in [0.717, 1.165) is 16.9 Å². The number of halogens is 2. The van der Waals surface area contributed by atoms with Gasteiger partial charge in [0.05, 0.1) is 12.5 Å². The van der Waals surface area contributed by atoms with Crippen LogP contribution in [-0.2, 0) is 11.2 Å². The Balaban J connectivity index is 0.00000312. The third-order valence-corrected chi connectivity index (χ3v) is 3.66. The molecular weight excluding hydrogens is 363 g/mol. The third kappa shape index (κ3) is 7.75. The zero-order chi connectivity index (χ0) is 17.4. The van der Waals surface area contributed by atoms with Crippen LogP contribution in [0.3, 0.4) is 0 Å². The van der Waals surface area contributed by atoms with E-state index in [9.17, 15) is 9.90 Å². The predicted molar refractivity (Wildman–Crippen MR) is 101 cm³/mol. The standard InChI is InChI=1S/C18H21ClN2O3.ClH/c19-15-3-1-2-14(11-15)17(22)12-21-8-9-24-16-6-4-13(5-7-16)10-18(20)23;/h1-7,11,17,21-22H,8-10,12H2,(H2,20,23);1H. The minimum Gasteiger partial charge on any atom is -0.492 e. The average Bonchev–Trinajstić information content (AvgIpc) is 2.55. The Morgan fingerprint density at radius 1 is 1.24 bits per heavy atom. The molecule has 0 saturated heterocycles. The number of benzene rings is 2. The van der Waals surface area contributed by atoms with Gasteiger partial charge in [0.25, 0.3) is 0 Å². The van der Waals surface area contributed by atoms with Gasteiger partial charge in [-0.2, -0.15) is 0 Å². The van der Waals surface area contributed by atoms with Crippen LogP contribution in [0.2, 0.25) is 5.02 Å².